The molecule has 0 aromatic carbocycles. The third kappa shape index (κ3) is 2.73. The van der Waals surface area contributed by atoms with Gasteiger partial charge in [-0.1, -0.05) is 0 Å². The molecule has 0 saturated carbocycles. The number of carbonyl (C=O) groups is 1. The fraction of sp³-hybridized carbons (Fsp3) is 0.417. The molecule has 1 amide bonds. The van der Waals surface area contributed by atoms with Crippen LogP contribution in [0.3, 0.4) is 0 Å². The summed E-state index contributed by atoms with van der Waals surface area (Å²) in [7, 11) is 0. The maximum absolute atomic E-state index is 11.8. The highest BCUT2D eigenvalue weighted by Gasteiger charge is 2.18. The Hall–Kier alpha value is -1.55. The minimum Gasteiger partial charge on any atom is -0.465 e. The van der Waals surface area contributed by atoms with Gasteiger partial charge in [-0.15, -0.1) is 0 Å². The van der Waals surface area contributed by atoms with Crippen molar-refractivity contribution in [1.82, 2.24) is 4.90 Å². The van der Waals surface area contributed by atoms with Crippen molar-refractivity contribution in [3.05, 3.63) is 30.2 Å². The molecule has 1 aliphatic heterocycles. The highest BCUT2D eigenvalue weighted by Crippen LogP contribution is 2.09. The zero-order valence-corrected chi connectivity index (χ0v) is 9.13. The van der Waals surface area contributed by atoms with Crippen LogP contribution in [0.2, 0.25) is 0 Å². The molecule has 1 aromatic heterocycles. The van der Waals surface area contributed by atoms with E-state index in [1.807, 2.05) is 11.0 Å². The van der Waals surface area contributed by atoms with Crippen LogP contribution in [-0.2, 0) is 4.79 Å². The van der Waals surface area contributed by atoms with Gasteiger partial charge in [-0.05, 0) is 31.1 Å². The number of rotatable bonds is 2. The van der Waals surface area contributed by atoms with Gasteiger partial charge < -0.3 is 15.1 Å². The van der Waals surface area contributed by atoms with Crippen molar-refractivity contribution in [2.75, 3.05) is 13.1 Å². The van der Waals surface area contributed by atoms with Gasteiger partial charge in [-0.3, -0.25) is 4.79 Å². The Morgan fingerprint density at radius 2 is 2.25 bits per heavy atom. The van der Waals surface area contributed by atoms with Crippen LogP contribution in [0.5, 0.6) is 0 Å². The SMILES string of the molecule is NC1CCN(C(=O)/C=C/c2ccco2)CC1. The molecule has 1 saturated heterocycles. The lowest BCUT2D eigenvalue weighted by Gasteiger charge is -2.29. The van der Waals surface area contributed by atoms with E-state index >= 15 is 0 Å². The Morgan fingerprint density at radius 1 is 1.50 bits per heavy atom. The molecule has 1 fully saturated rings. The van der Waals surface area contributed by atoms with Crippen LogP contribution in [0.1, 0.15) is 18.6 Å². The lowest BCUT2D eigenvalue weighted by Crippen LogP contribution is -2.42. The van der Waals surface area contributed by atoms with Crippen molar-refractivity contribution in [3.8, 4) is 0 Å². The Balaban J connectivity index is 1.88. The fourth-order valence-corrected chi connectivity index (χ4v) is 1.76. The summed E-state index contributed by atoms with van der Waals surface area (Å²) in [5.74, 6) is 0.727. The molecule has 1 aliphatic rings. The Morgan fingerprint density at radius 3 is 2.88 bits per heavy atom. The molecule has 2 rings (SSSR count). The van der Waals surface area contributed by atoms with E-state index in [2.05, 4.69) is 0 Å². The number of hydrogen-bond donors (Lipinski definition) is 1. The van der Waals surface area contributed by atoms with Crippen molar-refractivity contribution >= 4 is 12.0 Å². The number of piperidine rings is 1. The second-order valence-electron chi connectivity index (χ2n) is 4.01. The minimum absolute atomic E-state index is 0.0308. The first-order valence-corrected chi connectivity index (χ1v) is 5.52. The van der Waals surface area contributed by atoms with E-state index in [0.29, 0.717) is 5.76 Å². The molecule has 2 heterocycles. The molecule has 0 atom stereocenters. The average Bonchev–Trinajstić information content (AvgIpc) is 2.80. The molecule has 86 valence electrons. The lowest BCUT2D eigenvalue weighted by molar-refractivity contribution is -0.126. The monoisotopic (exact) mass is 220 g/mol. The average molecular weight is 220 g/mol. The van der Waals surface area contributed by atoms with Crippen LogP contribution < -0.4 is 5.73 Å². The number of carbonyl (C=O) groups excluding carboxylic acids is 1. The van der Waals surface area contributed by atoms with Gasteiger partial charge in [-0.2, -0.15) is 0 Å². The first kappa shape index (κ1) is 11.0. The van der Waals surface area contributed by atoms with Gasteiger partial charge in [-0.25, -0.2) is 0 Å². The molecule has 4 nitrogen and oxygen atoms in total. The quantitative estimate of drug-likeness (QED) is 0.763. The van der Waals surface area contributed by atoms with E-state index in [4.69, 9.17) is 10.2 Å². The maximum atomic E-state index is 11.8. The van der Waals surface area contributed by atoms with Crippen LogP contribution in [-0.4, -0.2) is 29.9 Å². The summed E-state index contributed by atoms with van der Waals surface area (Å²) in [6, 6.07) is 3.86. The van der Waals surface area contributed by atoms with Crippen LogP contribution in [0, 0.1) is 0 Å². The number of furan rings is 1. The van der Waals surface area contributed by atoms with Gasteiger partial charge in [0.25, 0.3) is 0 Å². The van der Waals surface area contributed by atoms with Crippen LogP contribution in [0.25, 0.3) is 6.08 Å². The fourth-order valence-electron chi connectivity index (χ4n) is 1.76. The molecule has 0 unspecified atom stereocenters. The largest absolute Gasteiger partial charge is 0.465 e. The summed E-state index contributed by atoms with van der Waals surface area (Å²) in [4.78, 5) is 13.6. The molecule has 0 bridgehead atoms. The van der Waals surface area contributed by atoms with Crippen molar-refractivity contribution in [3.63, 3.8) is 0 Å². The summed E-state index contributed by atoms with van der Waals surface area (Å²) in [6.45, 7) is 1.50. The summed E-state index contributed by atoms with van der Waals surface area (Å²) >= 11 is 0. The molecule has 16 heavy (non-hydrogen) atoms. The smallest absolute Gasteiger partial charge is 0.246 e. The van der Waals surface area contributed by atoms with Crippen molar-refractivity contribution < 1.29 is 9.21 Å². The third-order valence-electron chi connectivity index (χ3n) is 2.78. The maximum Gasteiger partial charge on any atom is 0.246 e. The van der Waals surface area contributed by atoms with E-state index in [-0.39, 0.29) is 11.9 Å². The zero-order chi connectivity index (χ0) is 11.4. The molecule has 0 spiro atoms. The topological polar surface area (TPSA) is 59.5 Å². The number of amides is 1. The molecular formula is C12H16N2O2. The van der Waals surface area contributed by atoms with Gasteiger partial charge >= 0.3 is 0 Å². The van der Waals surface area contributed by atoms with Crippen LogP contribution in [0.15, 0.2) is 28.9 Å². The van der Waals surface area contributed by atoms with Crippen molar-refractivity contribution in [2.24, 2.45) is 5.73 Å². The lowest BCUT2D eigenvalue weighted by atomic mass is 10.1. The molecule has 2 N–H and O–H groups in total. The third-order valence-corrected chi connectivity index (χ3v) is 2.78. The molecular weight excluding hydrogens is 204 g/mol. The van der Waals surface area contributed by atoms with E-state index in [0.717, 1.165) is 25.9 Å². The summed E-state index contributed by atoms with van der Waals surface area (Å²) in [5, 5.41) is 0. The van der Waals surface area contributed by atoms with Gasteiger partial charge in [0.1, 0.15) is 5.76 Å². The first-order chi connectivity index (χ1) is 7.75. The predicted octanol–water partition coefficient (Wildman–Crippen LogP) is 1.24. The number of likely N-dealkylation sites (tertiary alicyclic amines) is 1. The van der Waals surface area contributed by atoms with E-state index in [9.17, 15) is 4.79 Å². The number of nitrogens with two attached hydrogens (primary N) is 1. The van der Waals surface area contributed by atoms with Crippen molar-refractivity contribution in [2.45, 2.75) is 18.9 Å². The number of hydrogen-bond acceptors (Lipinski definition) is 3. The van der Waals surface area contributed by atoms with Gasteiger partial charge in [0.2, 0.25) is 5.91 Å². The predicted molar refractivity (Wildman–Crippen MR) is 61.5 cm³/mol. The molecule has 4 heteroatoms. The highest BCUT2D eigenvalue weighted by atomic mass is 16.3. The van der Waals surface area contributed by atoms with Gasteiger partial charge in [0, 0.05) is 25.2 Å². The van der Waals surface area contributed by atoms with E-state index < -0.39 is 0 Å². The molecule has 0 aliphatic carbocycles. The number of nitrogens with zero attached hydrogens (tertiary/aromatic N) is 1. The van der Waals surface area contributed by atoms with Crippen LogP contribution in [0.4, 0.5) is 0 Å². The first-order valence-electron chi connectivity index (χ1n) is 5.52. The van der Waals surface area contributed by atoms with E-state index in [1.54, 1.807) is 24.5 Å². The standard InChI is InChI=1S/C12H16N2O2/c13-10-5-7-14(8-6-10)12(15)4-3-11-2-1-9-16-11/h1-4,9-10H,5-8,13H2/b4-3+. The van der Waals surface area contributed by atoms with Crippen LogP contribution >= 0.6 is 0 Å². The van der Waals surface area contributed by atoms with Gasteiger partial charge in [0.15, 0.2) is 0 Å². The molecule has 0 radical (unpaired) electrons. The summed E-state index contributed by atoms with van der Waals surface area (Å²) in [5.41, 5.74) is 5.78. The summed E-state index contributed by atoms with van der Waals surface area (Å²) < 4.78 is 5.11. The zero-order valence-electron chi connectivity index (χ0n) is 9.13. The van der Waals surface area contributed by atoms with Crippen molar-refractivity contribution in [1.29, 1.82) is 0 Å². The normalized spacial score (nSPS) is 18.2. The molecule has 1 aromatic rings. The van der Waals surface area contributed by atoms with Gasteiger partial charge in [0.05, 0.1) is 6.26 Å². The van der Waals surface area contributed by atoms with E-state index in [1.165, 1.54) is 0 Å². The Labute approximate surface area is 94.7 Å². The second kappa shape index (κ2) is 4.99. The Bertz CT molecular complexity index is 362. The summed E-state index contributed by atoms with van der Waals surface area (Å²) in [6.07, 6.45) is 6.61. The second-order valence-corrected chi connectivity index (χ2v) is 4.01. The highest BCUT2D eigenvalue weighted by molar-refractivity contribution is 5.91. The Kier molecular flexibility index (Phi) is 3.41. The minimum atomic E-state index is 0.0308.